The average molecular weight is 474 g/mol. The van der Waals surface area contributed by atoms with Crippen molar-refractivity contribution in [1.29, 1.82) is 0 Å². The lowest BCUT2D eigenvalue weighted by Crippen LogP contribution is -2.54. The number of likely N-dealkylation sites (N-methyl/N-ethyl adjacent to an activating group) is 1. The van der Waals surface area contributed by atoms with Crippen LogP contribution < -0.4 is 15.1 Å². The van der Waals surface area contributed by atoms with Gasteiger partial charge in [-0.05, 0) is 99.8 Å². The summed E-state index contributed by atoms with van der Waals surface area (Å²) >= 11 is 5.39. The van der Waals surface area contributed by atoms with Crippen LogP contribution in [-0.4, -0.2) is 29.0 Å². The topological polar surface area (TPSA) is 52.7 Å². The molecular weight excluding hydrogens is 442 g/mol. The highest BCUT2D eigenvalue weighted by Gasteiger charge is 2.36. The van der Waals surface area contributed by atoms with E-state index in [4.69, 9.17) is 12.2 Å². The Kier molecular flexibility index (Phi) is 6.21. The number of carbonyl (C=O) groups is 2. The van der Waals surface area contributed by atoms with E-state index in [2.05, 4.69) is 56.1 Å². The largest absolute Gasteiger partial charge is 0.363 e. The van der Waals surface area contributed by atoms with Gasteiger partial charge in [0.1, 0.15) is 5.57 Å². The summed E-state index contributed by atoms with van der Waals surface area (Å²) in [6, 6.07) is 11.9. The van der Waals surface area contributed by atoms with Crippen LogP contribution in [0.2, 0.25) is 0 Å². The third kappa shape index (κ3) is 3.96. The molecule has 0 spiro atoms. The van der Waals surface area contributed by atoms with Gasteiger partial charge in [0.05, 0.1) is 11.2 Å². The van der Waals surface area contributed by atoms with E-state index < -0.39 is 11.8 Å². The Hall–Kier alpha value is -3.25. The van der Waals surface area contributed by atoms with Gasteiger partial charge in [-0.1, -0.05) is 31.2 Å². The molecule has 6 heteroatoms. The van der Waals surface area contributed by atoms with Crippen molar-refractivity contribution in [2.45, 2.75) is 53.5 Å². The van der Waals surface area contributed by atoms with Gasteiger partial charge in [0.15, 0.2) is 5.11 Å². The minimum absolute atomic E-state index is 0.0766. The van der Waals surface area contributed by atoms with Crippen LogP contribution in [0, 0.1) is 6.92 Å². The third-order valence-electron chi connectivity index (χ3n) is 6.70. The summed E-state index contributed by atoms with van der Waals surface area (Å²) in [5.41, 5.74) is 7.00. The van der Waals surface area contributed by atoms with E-state index in [1.807, 2.05) is 38.1 Å². The number of carbonyl (C=O) groups excluding carboxylic acids is 2. The number of hydrogen-bond donors (Lipinski definition) is 1. The first kappa shape index (κ1) is 23.9. The Morgan fingerprint density at radius 2 is 1.76 bits per heavy atom. The second-order valence-electron chi connectivity index (χ2n) is 9.39. The molecule has 2 amide bonds. The Balaban J connectivity index is 1.81. The van der Waals surface area contributed by atoms with Crippen molar-refractivity contribution in [3.63, 3.8) is 0 Å². The summed E-state index contributed by atoms with van der Waals surface area (Å²) in [5, 5.41) is 2.81. The minimum Gasteiger partial charge on any atom is -0.363 e. The fourth-order valence-electron chi connectivity index (χ4n) is 5.04. The van der Waals surface area contributed by atoms with Gasteiger partial charge in [-0.3, -0.25) is 19.8 Å². The van der Waals surface area contributed by atoms with Gasteiger partial charge < -0.3 is 4.90 Å². The lowest BCUT2D eigenvalue weighted by Gasteiger charge is -2.43. The monoisotopic (exact) mass is 473 g/mol. The van der Waals surface area contributed by atoms with Crippen LogP contribution in [0.3, 0.4) is 0 Å². The quantitative estimate of drug-likeness (QED) is 0.366. The van der Waals surface area contributed by atoms with E-state index in [0.717, 1.165) is 35.2 Å². The normalized spacial score (nSPS) is 18.7. The lowest BCUT2D eigenvalue weighted by atomic mass is 9.86. The molecule has 2 aliphatic rings. The molecule has 1 fully saturated rings. The number of rotatable bonds is 4. The van der Waals surface area contributed by atoms with E-state index in [0.29, 0.717) is 5.69 Å². The smallest absolute Gasteiger partial charge is 0.270 e. The second-order valence-corrected chi connectivity index (χ2v) is 9.78. The Morgan fingerprint density at radius 3 is 2.44 bits per heavy atom. The maximum absolute atomic E-state index is 13.6. The molecule has 0 radical (unpaired) electrons. The van der Waals surface area contributed by atoms with Gasteiger partial charge in [-0.15, -0.1) is 0 Å². The summed E-state index contributed by atoms with van der Waals surface area (Å²) < 4.78 is 0. The van der Waals surface area contributed by atoms with Crippen LogP contribution in [0.15, 0.2) is 48.0 Å². The van der Waals surface area contributed by atoms with E-state index >= 15 is 0 Å². The molecule has 2 heterocycles. The highest BCUT2D eigenvalue weighted by molar-refractivity contribution is 7.80. The molecule has 5 nitrogen and oxygen atoms in total. The number of amides is 2. The second kappa shape index (κ2) is 8.84. The van der Waals surface area contributed by atoms with Crippen LogP contribution in [0.4, 0.5) is 11.4 Å². The highest BCUT2D eigenvalue weighted by atomic mass is 32.1. The van der Waals surface area contributed by atoms with Crippen molar-refractivity contribution in [2.24, 2.45) is 0 Å². The number of allylic oxidation sites excluding steroid dienone is 1. The molecule has 0 aliphatic carbocycles. The number of nitrogens with zero attached hydrogens (tertiary/aromatic N) is 2. The Morgan fingerprint density at radius 1 is 1.06 bits per heavy atom. The summed E-state index contributed by atoms with van der Waals surface area (Å²) in [6.45, 7) is 13.6. The molecule has 0 aromatic heterocycles. The highest BCUT2D eigenvalue weighted by Crippen LogP contribution is 2.40. The zero-order valence-electron chi connectivity index (χ0n) is 20.7. The van der Waals surface area contributed by atoms with Crippen molar-refractivity contribution >= 4 is 52.2 Å². The number of fused-ring (bicyclic) bond motifs is 1. The SMILES string of the molecule is CCc1ccccc1N1C(=O)/C(=C\c2cc3c(cc2C)N(CC)C(C)(C)C=C3C)C(=O)NC1=S. The fraction of sp³-hybridized carbons (Fsp3) is 0.321. The molecule has 2 aliphatic heterocycles. The number of hydrogen-bond acceptors (Lipinski definition) is 4. The van der Waals surface area contributed by atoms with E-state index in [-0.39, 0.29) is 16.2 Å². The maximum Gasteiger partial charge on any atom is 0.270 e. The number of aryl methyl sites for hydroxylation is 2. The van der Waals surface area contributed by atoms with Gasteiger partial charge >= 0.3 is 0 Å². The summed E-state index contributed by atoms with van der Waals surface area (Å²) in [4.78, 5) is 30.2. The number of nitrogens with one attached hydrogen (secondary N) is 1. The molecular formula is C28H31N3O2S. The van der Waals surface area contributed by atoms with Crippen LogP contribution in [0.5, 0.6) is 0 Å². The molecule has 0 saturated carbocycles. The zero-order chi connectivity index (χ0) is 24.8. The Bertz CT molecular complexity index is 1270. The average Bonchev–Trinajstić information content (AvgIpc) is 2.77. The molecule has 1 N–H and O–H groups in total. The van der Waals surface area contributed by atoms with Gasteiger partial charge in [0.2, 0.25) is 0 Å². The summed E-state index contributed by atoms with van der Waals surface area (Å²) in [7, 11) is 0. The van der Waals surface area contributed by atoms with Crippen LogP contribution in [-0.2, 0) is 16.0 Å². The van der Waals surface area contributed by atoms with Crippen molar-refractivity contribution in [1.82, 2.24) is 5.32 Å². The number of benzene rings is 2. The Labute approximate surface area is 207 Å². The first-order valence-electron chi connectivity index (χ1n) is 11.7. The number of thiocarbonyl (C=S) groups is 1. The van der Waals surface area contributed by atoms with E-state index in [1.165, 1.54) is 16.2 Å². The van der Waals surface area contributed by atoms with Crippen molar-refractivity contribution in [3.05, 3.63) is 70.3 Å². The summed E-state index contributed by atoms with van der Waals surface area (Å²) in [6.07, 6.45) is 4.71. The molecule has 34 heavy (non-hydrogen) atoms. The molecule has 2 aromatic carbocycles. The van der Waals surface area contributed by atoms with Gasteiger partial charge in [-0.2, -0.15) is 0 Å². The standard InChI is InChI=1S/C28H31N3O2S/c1-7-19-11-9-10-12-23(19)31-26(33)22(25(32)29-27(31)34)15-20-14-21-18(4)16-28(5,6)30(8-2)24(21)13-17(20)3/h9-16H,7-8H2,1-6H3,(H,29,32,34)/b22-15-. The molecule has 0 bridgehead atoms. The molecule has 0 atom stereocenters. The number of anilines is 2. The first-order chi connectivity index (χ1) is 16.1. The molecule has 176 valence electrons. The molecule has 1 saturated heterocycles. The maximum atomic E-state index is 13.6. The first-order valence-corrected chi connectivity index (χ1v) is 12.1. The fourth-order valence-corrected chi connectivity index (χ4v) is 5.31. The van der Waals surface area contributed by atoms with Crippen LogP contribution in [0.1, 0.15) is 56.9 Å². The molecule has 0 unspecified atom stereocenters. The van der Waals surface area contributed by atoms with Gasteiger partial charge in [-0.25, -0.2) is 0 Å². The van der Waals surface area contributed by atoms with Crippen LogP contribution in [0.25, 0.3) is 11.6 Å². The minimum atomic E-state index is -0.471. The van der Waals surface area contributed by atoms with Gasteiger partial charge in [0.25, 0.3) is 11.8 Å². The predicted molar refractivity (Wildman–Crippen MR) is 144 cm³/mol. The lowest BCUT2D eigenvalue weighted by molar-refractivity contribution is -0.122. The van der Waals surface area contributed by atoms with Crippen molar-refractivity contribution in [3.8, 4) is 0 Å². The predicted octanol–water partition coefficient (Wildman–Crippen LogP) is 5.41. The van der Waals surface area contributed by atoms with E-state index in [1.54, 1.807) is 6.08 Å². The number of para-hydroxylation sites is 1. The van der Waals surface area contributed by atoms with Crippen molar-refractivity contribution < 1.29 is 9.59 Å². The third-order valence-corrected chi connectivity index (χ3v) is 6.98. The molecule has 4 rings (SSSR count). The van der Waals surface area contributed by atoms with Crippen LogP contribution >= 0.6 is 12.2 Å². The van der Waals surface area contributed by atoms with Gasteiger partial charge in [0, 0.05) is 17.8 Å². The zero-order valence-corrected chi connectivity index (χ0v) is 21.5. The van der Waals surface area contributed by atoms with E-state index in [9.17, 15) is 9.59 Å². The molecule has 2 aromatic rings. The summed E-state index contributed by atoms with van der Waals surface area (Å²) in [5.74, 6) is -0.878. The van der Waals surface area contributed by atoms with Crippen molar-refractivity contribution in [2.75, 3.05) is 16.3 Å².